The lowest BCUT2D eigenvalue weighted by Crippen LogP contribution is -2.40. The number of anilines is 2. The maximum Gasteiger partial charge on any atom is 0.326 e. The summed E-state index contributed by atoms with van der Waals surface area (Å²) < 4.78 is 23.6. The average molecular weight is 415 g/mol. The van der Waals surface area contributed by atoms with E-state index in [4.69, 9.17) is 9.47 Å². The van der Waals surface area contributed by atoms with E-state index in [1.807, 2.05) is 5.32 Å². The number of benzene rings is 2. The van der Waals surface area contributed by atoms with Gasteiger partial charge in [-0.05, 0) is 24.3 Å². The van der Waals surface area contributed by atoms with Crippen LogP contribution in [0.3, 0.4) is 0 Å². The number of esters is 1. The van der Waals surface area contributed by atoms with Gasteiger partial charge in [0, 0.05) is 6.54 Å². The summed E-state index contributed by atoms with van der Waals surface area (Å²) in [7, 11) is 0. The Kier molecular flexibility index (Phi) is 6.58. The summed E-state index contributed by atoms with van der Waals surface area (Å²) in [5, 5.41) is 4.09. The van der Waals surface area contributed by atoms with E-state index >= 15 is 0 Å². The number of ether oxygens (including phenoxy) is 2. The Balaban J connectivity index is 1.42. The van der Waals surface area contributed by atoms with Gasteiger partial charge in [0.25, 0.3) is 11.8 Å². The van der Waals surface area contributed by atoms with Crippen molar-refractivity contribution < 1.29 is 33.0 Å². The number of nitrogens with zero attached hydrogens (tertiary/aromatic N) is 1. The zero-order valence-corrected chi connectivity index (χ0v) is 15.7. The number of carbonyl (C=O) groups excluding carboxylic acids is 4. The molecule has 2 aromatic carbocycles. The number of hydrogen-bond donors (Lipinski definition) is 2. The standard InChI is InChI=1S/C20H18FN3O6/c21-13-5-1-2-6-14(13)22-20(28)23-17(25)11-30-19(27)9-10-24-15-7-3-4-8-16(15)29-12-18(24)26/h1-8H,9-12H2,(H2,22,23,25,28). The van der Waals surface area contributed by atoms with Crippen molar-refractivity contribution in [3.05, 3.63) is 54.3 Å². The Hall–Kier alpha value is -3.95. The van der Waals surface area contributed by atoms with E-state index in [0.29, 0.717) is 11.4 Å². The third-order valence-corrected chi connectivity index (χ3v) is 4.09. The number of halogens is 1. The SMILES string of the molecule is O=C(COC(=O)CCN1C(=O)COc2ccccc21)NC(=O)Nc1ccccc1F. The van der Waals surface area contributed by atoms with Gasteiger partial charge in [0.05, 0.1) is 17.8 Å². The average Bonchev–Trinajstić information content (AvgIpc) is 2.73. The van der Waals surface area contributed by atoms with Gasteiger partial charge in [-0.3, -0.25) is 19.7 Å². The lowest BCUT2D eigenvalue weighted by Gasteiger charge is -2.28. The van der Waals surface area contributed by atoms with E-state index < -0.39 is 30.3 Å². The third-order valence-electron chi connectivity index (χ3n) is 4.09. The van der Waals surface area contributed by atoms with Gasteiger partial charge in [-0.15, -0.1) is 0 Å². The molecule has 0 unspecified atom stereocenters. The van der Waals surface area contributed by atoms with Gasteiger partial charge < -0.3 is 19.7 Å². The first-order valence-corrected chi connectivity index (χ1v) is 8.97. The highest BCUT2D eigenvalue weighted by Gasteiger charge is 2.25. The van der Waals surface area contributed by atoms with Crippen molar-refractivity contribution in [2.75, 3.05) is 30.0 Å². The van der Waals surface area contributed by atoms with Crippen LogP contribution in [0.5, 0.6) is 5.75 Å². The predicted molar refractivity (Wildman–Crippen MR) is 103 cm³/mol. The monoisotopic (exact) mass is 415 g/mol. The van der Waals surface area contributed by atoms with Gasteiger partial charge in [-0.2, -0.15) is 0 Å². The number of rotatable bonds is 6. The molecule has 0 saturated carbocycles. The molecule has 0 radical (unpaired) electrons. The van der Waals surface area contributed by atoms with Crippen molar-refractivity contribution in [2.24, 2.45) is 0 Å². The van der Waals surface area contributed by atoms with E-state index in [2.05, 4.69) is 5.32 Å². The van der Waals surface area contributed by atoms with Crippen molar-refractivity contribution in [3.63, 3.8) is 0 Å². The smallest absolute Gasteiger partial charge is 0.326 e. The van der Waals surface area contributed by atoms with Crippen LogP contribution in [-0.4, -0.2) is 43.6 Å². The molecule has 1 heterocycles. The van der Waals surface area contributed by atoms with E-state index in [1.54, 1.807) is 24.3 Å². The first kappa shape index (κ1) is 20.8. The molecule has 0 bridgehead atoms. The van der Waals surface area contributed by atoms with E-state index in [1.165, 1.54) is 23.1 Å². The second-order valence-corrected chi connectivity index (χ2v) is 6.19. The van der Waals surface area contributed by atoms with Crippen molar-refractivity contribution in [3.8, 4) is 5.75 Å². The molecule has 0 spiro atoms. The van der Waals surface area contributed by atoms with Crippen LogP contribution in [0.15, 0.2) is 48.5 Å². The van der Waals surface area contributed by atoms with Gasteiger partial charge >= 0.3 is 12.0 Å². The molecule has 0 fully saturated rings. The maximum atomic E-state index is 13.5. The summed E-state index contributed by atoms with van der Waals surface area (Å²) in [6.07, 6.45) is -0.158. The zero-order chi connectivity index (χ0) is 21.5. The largest absolute Gasteiger partial charge is 0.482 e. The predicted octanol–water partition coefficient (Wildman–Crippen LogP) is 1.83. The van der Waals surface area contributed by atoms with Crippen LogP contribution >= 0.6 is 0 Å². The minimum Gasteiger partial charge on any atom is -0.482 e. The highest BCUT2D eigenvalue weighted by Crippen LogP contribution is 2.31. The maximum absolute atomic E-state index is 13.5. The summed E-state index contributed by atoms with van der Waals surface area (Å²) in [6, 6.07) is 11.4. The normalized spacial score (nSPS) is 12.4. The molecule has 0 aliphatic carbocycles. The first-order valence-electron chi connectivity index (χ1n) is 8.97. The number of nitrogens with one attached hydrogen (secondary N) is 2. The van der Waals surface area contributed by atoms with E-state index in [-0.39, 0.29) is 31.2 Å². The van der Waals surface area contributed by atoms with Crippen LogP contribution in [0.25, 0.3) is 0 Å². The molecule has 0 atom stereocenters. The van der Waals surface area contributed by atoms with Crippen molar-refractivity contribution in [1.29, 1.82) is 0 Å². The molecule has 1 aliphatic heterocycles. The number of carbonyl (C=O) groups is 4. The Bertz CT molecular complexity index is 981. The van der Waals surface area contributed by atoms with Gasteiger partial charge in [-0.1, -0.05) is 24.3 Å². The molecule has 3 rings (SSSR count). The van der Waals surface area contributed by atoms with Gasteiger partial charge in [0.1, 0.15) is 11.6 Å². The summed E-state index contributed by atoms with van der Waals surface area (Å²) >= 11 is 0. The molecule has 0 saturated heterocycles. The Labute approximate surface area is 170 Å². The Morgan fingerprint density at radius 1 is 1.10 bits per heavy atom. The van der Waals surface area contributed by atoms with Crippen LogP contribution in [-0.2, 0) is 19.1 Å². The molecular formula is C20H18FN3O6. The topological polar surface area (TPSA) is 114 Å². The van der Waals surface area contributed by atoms with Crippen molar-refractivity contribution in [1.82, 2.24) is 5.32 Å². The molecule has 156 valence electrons. The van der Waals surface area contributed by atoms with Crippen LogP contribution in [0, 0.1) is 5.82 Å². The third kappa shape index (κ3) is 5.31. The lowest BCUT2D eigenvalue weighted by atomic mass is 10.2. The summed E-state index contributed by atoms with van der Waals surface area (Å²) in [5.41, 5.74) is 0.444. The fourth-order valence-electron chi connectivity index (χ4n) is 2.70. The highest BCUT2D eigenvalue weighted by atomic mass is 19.1. The van der Waals surface area contributed by atoms with Gasteiger partial charge in [0.15, 0.2) is 13.2 Å². The first-order chi connectivity index (χ1) is 14.4. The minimum atomic E-state index is -0.961. The molecule has 10 heteroatoms. The Morgan fingerprint density at radius 2 is 1.83 bits per heavy atom. The van der Waals surface area contributed by atoms with Crippen LogP contribution in [0.2, 0.25) is 0 Å². The second-order valence-electron chi connectivity index (χ2n) is 6.19. The van der Waals surface area contributed by atoms with Crippen LogP contribution < -0.4 is 20.3 Å². The van der Waals surface area contributed by atoms with E-state index in [0.717, 1.165) is 6.07 Å². The summed E-state index contributed by atoms with van der Waals surface area (Å²) in [5.74, 6) is -2.04. The molecule has 2 aromatic rings. The molecule has 0 aromatic heterocycles. The lowest BCUT2D eigenvalue weighted by molar-refractivity contribution is -0.148. The fourth-order valence-corrected chi connectivity index (χ4v) is 2.70. The van der Waals surface area contributed by atoms with Crippen LogP contribution in [0.1, 0.15) is 6.42 Å². The molecule has 4 amide bonds. The molecule has 1 aliphatic rings. The molecule has 9 nitrogen and oxygen atoms in total. The van der Waals surface area contributed by atoms with Crippen molar-refractivity contribution >= 4 is 35.2 Å². The zero-order valence-electron chi connectivity index (χ0n) is 15.7. The summed E-state index contributed by atoms with van der Waals surface area (Å²) in [4.78, 5) is 48.8. The van der Waals surface area contributed by atoms with Gasteiger partial charge in [-0.25, -0.2) is 9.18 Å². The number of imide groups is 1. The second kappa shape index (κ2) is 9.50. The quantitative estimate of drug-likeness (QED) is 0.696. The molecule has 30 heavy (non-hydrogen) atoms. The van der Waals surface area contributed by atoms with Crippen molar-refractivity contribution in [2.45, 2.75) is 6.42 Å². The number of fused-ring (bicyclic) bond motifs is 1. The van der Waals surface area contributed by atoms with Gasteiger partial charge in [0.2, 0.25) is 0 Å². The number of para-hydroxylation sites is 3. The number of urea groups is 1. The summed E-state index contributed by atoms with van der Waals surface area (Å²) in [6.45, 7) is -0.782. The molecular weight excluding hydrogens is 397 g/mol. The number of amides is 4. The van der Waals surface area contributed by atoms with E-state index in [9.17, 15) is 23.6 Å². The van der Waals surface area contributed by atoms with Crippen LogP contribution in [0.4, 0.5) is 20.6 Å². The minimum absolute atomic E-state index is 0.0490. The fraction of sp³-hybridized carbons (Fsp3) is 0.200. The number of hydrogen-bond acceptors (Lipinski definition) is 6. The Morgan fingerprint density at radius 3 is 2.63 bits per heavy atom. The molecule has 2 N–H and O–H groups in total. The highest BCUT2D eigenvalue weighted by molar-refractivity contribution is 6.02.